The second-order valence-electron chi connectivity index (χ2n) is 3.56. The molecular weight excluding hydrogens is 236 g/mol. The van der Waals surface area contributed by atoms with E-state index in [1.807, 2.05) is 31.2 Å². The summed E-state index contributed by atoms with van der Waals surface area (Å²) in [4.78, 5) is 12.0. The van der Waals surface area contributed by atoms with Crippen LogP contribution in [0.25, 0.3) is 0 Å². The zero-order valence-corrected chi connectivity index (χ0v) is 10.0. The maximum Gasteiger partial charge on any atom is 0.143 e. The summed E-state index contributed by atoms with van der Waals surface area (Å²) in [5.74, 6) is 0.320. The van der Waals surface area contributed by atoms with E-state index >= 15 is 0 Å². The number of rotatable bonds is 2. The van der Waals surface area contributed by atoms with Crippen LogP contribution in [0.3, 0.4) is 0 Å². The molecule has 5 heteroatoms. The molecule has 0 aliphatic rings. The molecule has 0 fully saturated rings. The van der Waals surface area contributed by atoms with Crippen LogP contribution in [0.2, 0.25) is 5.15 Å². The summed E-state index contributed by atoms with van der Waals surface area (Å²) in [6.45, 7) is 2.02. The van der Waals surface area contributed by atoms with E-state index < -0.39 is 0 Å². The Hall–Kier alpha value is -1.94. The van der Waals surface area contributed by atoms with Gasteiger partial charge in [-0.05, 0) is 19.1 Å². The summed E-state index contributed by atoms with van der Waals surface area (Å²) in [6, 6.07) is 7.80. The first-order chi connectivity index (χ1) is 8.16. The Balaban J connectivity index is 2.29. The summed E-state index contributed by atoms with van der Waals surface area (Å²) >= 11 is 5.90. The number of halogens is 1. The van der Waals surface area contributed by atoms with Crippen molar-refractivity contribution in [3.63, 3.8) is 0 Å². The number of hydrogen-bond donors (Lipinski definition) is 1. The van der Waals surface area contributed by atoms with E-state index in [1.54, 1.807) is 6.21 Å². The number of aryl methyl sites for hydroxylation is 1. The second-order valence-corrected chi connectivity index (χ2v) is 3.92. The average Bonchev–Trinajstić information content (AvgIpc) is 2.31. The molecule has 86 valence electrons. The van der Waals surface area contributed by atoms with Crippen molar-refractivity contribution in [3.05, 3.63) is 46.9 Å². The fourth-order valence-electron chi connectivity index (χ4n) is 1.28. The van der Waals surface area contributed by atoms with Crippen LogP contribution in [0.1, 0.15) is 11.1 Å². The minimum Gasteiger partial charge on any atom is -0.383 e. The lowest BCUT2D eigenvalue weighted by Gasteiger charge is -2.00. The first-order valence-electron chi connectivity index (χ1n) is 5.03. The first-order valence-corrected chi connectivity index (χ1v) is 5.41. The molecule has 0 radical (unpaired) electrons. The van der Waals surface area contributed by atoms with Crippen molar-refractivity contribution in [3.8, 4) is 0 Å². The summed E-state index contributed by atoms with van der Waals surface area (Å²) in [7, 11) is 0. The van der Waals surface area contributed by atoms with Crippen molar-refractivity contribution < 1.29 is 0 Å². The maximum atomic E-state index is 5.90. The van der Waals surface area contributed by atoms with Crippen LogP contribution < -0.4 is 5.73 Å². The maximum absolute atomic E-state index is 5.90. The van der Waals surface area contributed by atoms with E-state index in [0.29, 0.717) is 16.5 Å². The van der Waals surface area contributed by atoms with Gasteiger partial charge in [0.05, 0.1) is 11.3 Å². The third-order valence-corrected chi connectivity index (χ3v) is 2.54. The molecule has 4 nitrogen and oxygen atoms in total. The zero-order valence-electron chi connectivity index (χ0n) is 9.26. The molecule has 0 amide bonds. The Morgan fingerprint density at radius 1 is 1.24 bits per heavy atom. The number of nitrogens with zero attached hydrogens (tertiary/aromatic N) is 3. The van der Waals surface area contributed by atoms with Gasteiger partial charge in [0.2, 0.25) is 0 Å². The molecule has 1 aromatic carbocycles. The Morgan fingerprint density at radius 2 is 1.94 bits per heavy atom. The van der Waals surface area contributed by atoms with Gasteiger partial charge in [-0.15, -0.1) is 0 Å². The number of hydrogen-bond acceptors (Lipinski definition) is 4. The third kappa shape index (κ3) is 2.79. The summed E-state index contributed by atoms with van der Waals surface area (Å²) in [6.07, 6.45) is 2.89. The van der Waals surface area contributed by atoms with Gasteiger partial charge in [0, 0.05) is 6.21 Å². The van der Waals surface area contributed by atoms with E-state index in [2.05, 4.69) is 15.0 Å². The standard InChI is InChI=1S/C12H11ClN4/c1-8-2-4-9(5-3-8)15-6-10-11(13)16-7-17-12(10)14/h2-7H,1H3,(H2,14,16,17). The van der Waals surface area contributed by atoms with E-state index in [4.69, 9.17) is 17.3 Å². The largest absolute Gasteiger partial charge is 0.383 e. The molecule has 17 heavy (non-hydrogen) atoms. The molecule has 0 spiro atoms. The van der Waals surface area contributed by atoms with Crippen molar-refractivity contribution in [2.45, 2.75) is 6.92 Å². The van der Waals surface area contributed by atoms with Crippen molar-refractivity contribution in [2.24, 2.45) is 4.99 Å². The average molecular weight is 247 g/mol. The van der Waals surface area contributed by atoms with Gasteiger partial charge in [-0.2, -0.15) is 0 Å². The van der Waals surface area contributed by atoms with Crippen molar-refractivity contribution in [2.75, 3.05) is 5.73 Å². The third-order valence-electron chi connectivity index (χ3n) is 2.24. The molecule has 0 bridgehead atoms. The smallest absolute Gasteiger partial charge is 0.143 e. The lowest BCUT2D eigenvalue weighted by molar-refractivity contribution is 1.17. The fourth-order valence-corrected chi connectivity index (χ4v) is 1.47. The van der Waals surface area contributed by atoms with Gasteiger partial charge < -0.3 is 5.73 Å². The fraction of sp³-hybridized carbons (Fsp3) is 0.0833. The number of benzene rings is 1. The first kappa shape index (κ1) is 11.5. The molecule has 2 aromatic rings. The predicted molar refractivity (Wildman–Crippen MR) is 69.9 cm³/mol. The molecule has 1 heterocycles. The van der Waals surface area contributed by atoms with Gasteiger partial charge >= 0.3 is 0 Å². The topological polar surface area (TPSA) is 64.2 Å². The lowest BCUT2D eigenvalue weighted by Crippen LogP contribution is -1.99. The number of aromatic nitrogens is 2. The van der Waals surface area contributed by atoms with Crippen molar-refractivity contribution >= 4 is 29.3 Å². The van der Waals surface area contributed by atoms with Crippen LogP contribution in [-0.4, -0.2) is 16.2 Å². The molecular formula is C12H11ClN4. The number of nitrogens with two attached hydrogens (primary N) is 1. The van der Waals surface area contributed by atoms with Gasteiger partial charge in [-0.1, -0.05) is 29.3 Å². The number of nitrogen functional groups attached to an aromatic ring is 1. The molecule has 2 rings (SSSR count). The molecule has 0 aliphatic heterocycles. The monoisotopic (exact) mass is 246 g/mol. The predicted octanol–water partition coefficient (Wildman–Crippen LogP) is 2.77. The van der Waals surface area contributed by atoms with Crippen LogP contribution >= 0.6 is 11.6 Å². The summed E-state index contributed by atoms with van der Waals surface area (Å²) in [5, 5.41) is 0.299. The number of aliphatic imine (C=N–C) groups is 1. The Bertz CT molecular complexity index is 529. The lowest BCUT2D eigenvalue weighted by atomic mass is 10.2. The van der Waals surface area contributed by atoms with Gasteiger partial charge in [0.1, 0.15) is 17.3 Å². The van der Waals surface area contributed by atoms with Crippen LogP contribution in [0.15, 0.2) is 35.6 Å². The highest BCUT2D eigenvalue weighted by Gasteiger charge is 2.03. The minimum atomic E-state index is 0.299. The number of anilines is 1. The van der Waals surface area contributed by atoms with E-state index in [9.17, 15) is 0 Å². The van der Waals surface area contributed by atoms with E-state index in [0.717, 1.165) is 5.69 Å². The summed E-state index contributed by atoms with van der Waals surface area (Å²) in [5.41, 5.74) is 8.23. The van der Waals surface area contributed by atoms with Crippen LogP contribution in [-0.2, 0) is 0 Å². The Labute approximate surface area is 104 Å². The van der Waals surface area contributed by atoms with E-state index in [-0.39, 0.29) is 0 Å². The van der Waals surface area contributed by atoms with Crippen molar-refractivity contribution in [1.29, 1.82) is 0 Å². The molecule has 2 N–H and O–H groups in total. The SMILES string of the molecule is Cc1ccc(N=Cc2c(N)ncnc2Cl)cc1. The molecule has 0 unspecified atom stereocenters. The van der Waals surface area contributed by atoms with Crippen LogP contribution in [0.4, 0.5) is 11.5 Å². The van der Waals surface area contributed by atoms with Crippen LogP contribution in [0.5, 0.6) is 0 Å². The molecule has 1 aromatic heterocycles. The quantitative estimate of drug-likeness (QED) is 0.655. The molecule has 0 saturated heterocycles. The van der Waals surface area contributed by atoms with Gasteiger partial charge in [-0.3, -0.25) is 4.99 Å². The van der Waals surface area contributed by atoms with Crippen LogP contribution in [0, 0.1) is 6.92 Å². The van der Waals surface area contributed by atoms with Crippen molar-refractivity contribution in [1.82, 2.24) is 9.97 Å². The summed E-state index contributed by atoms with van der Waals surface area (Å²) < 4.78 is 0. The highest BCUT2D eigenvalue weighted by molar-refractivity contribution is 6.32. The zero-order chi connectivity index (χ0) is 12.3. The Morgan fingerprint density at radius 3 is 2.59 bits per heavy atom. The second kappa shape index (κ2) is 4.93. The highest BCUT2D eigenvalue weighted by Crippen LogP contribution is 2.17. The normalized spacial score (nSPS) is 10.9. The molecule has 0 atom stereocenters. The van der Waals surface area contributed by atoms with Gasteiger partial charge in [0.15, 0.2) is 0 Å². The van der Waals surface area contributed by atoms with Gasteiger partial charge in [0.25, 0.3) is 0 Å². The highest BCUT2D eigenvalue weighted by atomic mass is 35.5. The Kier molecular flexibility index (Phi) is 3.35. The van der Waals surface area contributed by atoms with Gasteiger partial charge in [-0.25, -0.2) is 9.97 Å². The minimum absolute atomic E-state index is 0.299. The van der Waals surface area contributed by atoms with E-state index in [1.165, 1.54) is 11.9 Å². The molecule has 0 aliphatic carbocycles. The molecule has 0 saturated carbocycles.